The summed E-state index contributed by atoms with van der Waals surface area (Å²) < 4.78 is 5.36. The molecule has 1 aromatic heterocycles. The molecule has 31 heavy (non-hydrogen) atoms. The summed E-state index contributed by atoms with van der Waals surface area (Å²) in [7, 11) is 0. The SMILES string of the molecule is CCOC(=O)C1=C(C)NC(C)=C(C#N)[C@@H]1c1cnccc1-c1cccc2ccccc12. The molecule has 1 N–H and O–H groups in total. The monoisotopic (exact) mass is 409 g/mol. The third-order valence-corrected chi connectivity index (χ3v) is 5.62. The van der Waals surface area contributed by atoms with Gasteiger partial charge in [0.1, 0.15) is 0 Å². The van der Waals surface area contributed by atoms with Crippen molar-refractivity contribution in [1.29, 1.82) is 5.26 Å². The number of hydrogen-bond acceptors (Lipinski definition) is 5. The predicted octanol–water partition coefficient (Wildman–Crippen LogP) is 5.22. The summed E-state index contributed by atoms with van der Waals surface area (Å²) in [6.07, 6.45) is 3.50. The summed E-state index contributed by atoms with van der Waals surface area (Å²) in [4.78, 5) is 17.3. The lowest BCUT2D eigenvalue weighted by Crippen LogP contribution is -2.29. The highest BCUT2D eigenvalue weighted by molar-refractivity contribution is 5.99. The van der Waals surface area contributed by atoms with Crippen LogP contribution in [-0.2, 0) is 9.53 Å². The molecule has 5 nitrogen and oxygen atoms in total. The number of nitriles is 1. The molecule has 3 aromatic rings. The van der Waals surface area contributed by atoms with Gasteiger partial charge in [-0.15, -0.1) is 0 Å². The van der Waals surface area contributed by atoms with Gasteiger partial charge in [-0.05, 0) is 54.3 Å². The summed E-state index contributed by atoms with van der Waals surface area (Å²) in [6.45, 7) is 5.73. The van der Waals surface area contributed by atoms with Crippen molar-refractivity contribution in [3.05, 3.63) is 89.0 Å². The van der Waals surface area contributed by atoms with E-state index in [9.17, 15) is 10.1 Å². The minimum Gasteiger partial charge on any atom is -0.463 e. The molecule has 0 saturated carbocycles. The minimum atomic E-state index is -0.562. The van der Waals surface area contributed by atoms with Crippen LogP contribution in [0.4, 0.5) is 0 Å². The highest BCUT2D eigenvalue weighted by Gasteiger charge is 2.35. The van der Waals surface area contributed by atoms with Crippen LogP contribution in [0.3, 0.4) is 0 Å². The normalized spacial score (nSPS) is 16.1. The van der Waals surface area contributed by atoms with Crippen molar-refractivity contribution in [1.82, 2.24) is 10.3 Å². The fraction of sp³-hybridized carbons (Fsp3) is 0.192. The number of nitrogens with one attached hydrogen (secondary N) is 1. The van der Waals surface area contributed by atoms with Crippen LogP contribution in [0, 0.1) is 11.3 Å². The average molecular weight is 409 g/mol. The van der Waals surface area contributed by atoms with E-state index in [1.165, 1.54) is 0 Å². The van der Waals surface area contributed by atoms with Crippen molar-refractivity contribution in [2.45, 2.75) is 26.7 Å². The molecule has 1 aliphatic heterocycles. The summed E-state index contributed by atoms with van der Waals surface area (Å²) in [5, 5.41) is 15.4. The summed E-state index contributed by atoms with van der Waals surface area (Å²) >= 11 is 0. The molecule has 0 amide bonds. The zero-order valence-electron chi connectivity index (χ0n) is 17.8. The summed E-state index contributed by atoms with van der Waals surface area (Å²) in [5.74, 6) is -0.988. The lowest BCUT2D eigenvalue weighted by atomic mass is 9.78. The molecular formula is C26H23N3O2. The van der Waals surface area contributed by atoms with Crippen LogP contribution < -0.4 is 5.32 Å². The van der Waals surface area contributed by atoms with E-state index in [1.54, 1.807) is 19.3 Å². The van der Waals surface area contributed by atoms with E-state index in [0.717, 1.165) is 33.2 Å². The molecule has 0 bridgehead atoms. The Morgan fingerprint density at radius 1 is 1.10 bits per heavy atom. The predicted molar refractivity (Wildman–Crippen MR) is 121 cm³/mol. The third kappa shape index (κ3) is 3.57. The van der Waals surface area contributed by atoms with Crippen LogP contribution in [0.1, 0.15) is 32.3 Å². The first kappa shape index (κ1) is 20.4. The molecule has 2 aromatic carbocycles. The number of nitrogens with zero attached hydrogens (tertiary/aromatic N) is 2. The lowest BCUT2D eigenvalue weighted by Gasteiger charge is -2.29. The first-order valence-electron chi connectivity index (χ1n) is 10.2. The number of pyridine rings is 1. The fourth-order valence-corrected chi connectivity index (χ4v) is 4.27. The quantitative estimate of drug-likeness (QED) is 0.598. The fourth-order valence-electron chi connectivity index (χ4n) is 4.27. The molecular weight excluding hydrogens is 386 g/mol. The van der Waals surface area contributed by atoms with Crippen LogP contribution in [0.5, 0.6) is 0 Å². The third-order valence-electron chi connectivity index (χ3n) is 5.62. The number of esters is 1. The van der Waals surface area contributed by atoms with Gasteiger partial charge in [-0.1, -0.05) is 42.5 Å². The second-order valence-corrected chi connectivity index (χ2v) is 7.46. The second-order valence-electron chi connectivity index (χ2n) is 7.46. The highest BCUT2D eigenvalue weighted by Crippen LogP contribution is 2.43. The van der Waals surface area contributed by atoms with Crippen molar-refractivity contribution in [2.24, 2.45) is 0 Å². The van der Waals surface area contributed by atoms with Crippen LogP contribution in [-0.4, -0.2) is 17.6 Å². The van der Waals surface area contributed by atoms with Crippen molar-refractivity contribution in [3.63, 3.8) is 0 Å². The van der Waals surface area contributed by atoms with Gasteiger partial charge in [0.05, 0.1) is 29.7 Å². The standard InChI is InChI=1S/C26H23N3O2/c1-4-31-26(30)24-17(3)29-16(2)22(14-27)25(24)23-15-28-13-12-21(23)20-11-7-9-18-8-5-6-10-19(18)20/h5-13,15,25,29H,4H2,1-3H3/t25-/m1/s1. The number of ether oxygens (including phenoxy) is 1. The molecule has 4 rings (SSSR count). The minimum absolute atomic E-state index is 0.260. The van der Waals surface area contributed by atoms with Crippen molar-refractivity contribution >= 4 is 16.7 Å². The van der Waals surface area contributed by atoms with E-state index >= 15 is 0 Å². The van der Waals surface area contributed by atoms with Gasteiger partial charge >= 0.3 is 5.97 Å². The van der Waals surface area contributed by atoms with E-state index in [2.05, 4.69) is 40.6 Å². The average Bonchev–Trinajstić information content (AvgIpc) is 2.78. The zero-order chi connectivity index (χ0) is 22.0. The number of carbonyl (C=O) groups is 1. The molecule has 2 heterocycles. The van der Waals surface area contributed by atoms with Gasteiger partial charge in [0, 0.05) is 23.8 Å². The maximum atomic E-state index is 12.9. The number of fused-ring (bicyclic) bond motifs is 1. The van der Waals surface area contributed by atoms with Gasteiger partial charge in [0.25, 0.3) is 0 Å². The Kier molecular flexibility index (Phi) is 5.55. The number of dihydropyridines is 1. The smallest absolute Gasteiger partial charge is 0.336 e. The summed E-state index contributed by atoms with van der Waals surface area (Å²) in [5.41, 5.74) is 5.12. The zero-order valence-corrected chi connectivity index (χ0v) is 17.8. The van der Waals surface area contributed by atoms with E-state index in [1.807, 2.05) is 38.1 Å². The van der Waals surface area contributed by atoms with E-state index in [4.69, 9.17) is 4.74 Å². The maximum Gasteiger partial charge on any atom is 0.336 e. The lowest BCUT2D eigenvalue weighted by molar-refractivity contribution is -0.138. The number of rotatable bonds is 4. The molecule has 0 saturated heterocycles. The van der Waals surface area contributed by atoms with Gasteiger partial charge < -0.3 is 10.1 Å². The Bertz CT molecular complexity index is 1280. The summed E-state index contributed by atoms with van der Waals surface area (Å²) in [6, 6.07) is 18.6. The van der Waals surface area contributed by atoms with Crippen LogP contribution in [0.25, 0.3) is 21.9 Å². The number of allylic oxidation sites excluding steroid dienone is 3. The molecule has 5 heteroatoms. The molecule has 154 valence electrons. The Morgan fingerprint density at radius 2 is 1.87 bits per heavy atom. The highest BCUT2D eigenvalue weighted by atomic mass is 16.5. The van der Waals surface area contributed by atoms with Crippen molar-refractivity contribution in [3.8, 4) is 17.2 Å². The number of aromatic nitrogens is 1. The Balaban J connectivity index is 1.99. The number of hydrogen-bond donors (Lipinski definition) is 1. The largest absolute Gasteiger partial charge is 0.463 e. The molecule has 0 fully saturated rings. The molecule has 0 spiro atoms. The van der Waals surface area contributed by atoms with Crippen LogP contribution >= 0.6 is 0 Å². The van der Waals surface area contributed by atoms with Gasteiger partial charge in [0.15, 0.2) is 0 Å². The van der Waals surface area contributed by atoms with Crippen LogP contribution in [0.2, 0.25) is 0 Å². The van der Waals surface area contributed by atoms with Crippen molar-refractivity contribution in [2.75, 3.05) is 6.61 Å². The number of carbonyl (C=O) groups excluding carboxylic acids is 1. The van der Waals surface area contributed by atoms with Gasteiger partial charge in [0.2, 0.25) is 0 Å². The molecule has 1 aliphatic rings. The Morgan fingerprint density at radius 3 is 2.65 bits per heavy atom. The maximum absolute atomic E-state index is 12.9. The van der Waals surface area contributed by atoms with E-state index in [0.29, 0.717) is 16.8 Å². The van der Waals surface area contributed by atoms with Crippen molar-refractivity contribution < 1.29 is 9.53 Å². The topological polar surface area (TPSA) is 75.0 Å². The van der Waals surface area contributed by atoms with Gasteiger partial charge in [-0.2, -0.15) is 5.26 Å². The first-order valence-corrected chi connectivity index (χ1v) is 10.2. The Labute approximate surface area is 181 Å². The molecule has 1 atom stereocenters. The molecule has 0 radical (unpaired) electrons. The second kappa shape index (κ2) is 8.45. The first-order chi connectivity index (χ1) is 15.1. The van der Waals surface area contributed by atoms with Gasteiger partial charge in [-0.25, -0.2) is 4.79 Å². The van der Waals surface area contributed by atoms with E-state index in [-0.39, 0.29) is 6.61 Å². The molecule has 0 aliphatic carbocycles. The van der Waals surface area contributed by atoms with E-state index < -0.39 is 11.9 Å². The molecule has 0 unspecified atom stereocenters. The Hall–Kier alpha value is -3.91. The van der Waals surface area contributed by atoms with Crippen LogP contribution in [0.15, 0.2) is 83.5 Å². The van der Waals surface area contributed by atoms with Gasteiger partial charge in [-0.3, -0.25) is 4.98 Å². The number of benzene rings is 2.